The molecule has 1 aromatic carbocycles. The van der Waals surface area contributed by atoms with Gasteiger partial charge in [0.1, 0.15) is 11.6 Å². The zero-order valence-corrected chi connectivity index (χ0v) is 16.1. The minimum atomic E-state index is -0.631. The molecule has 4 rings (SSSR count). The fourth-order valence-electron chi connectivity index (χ4n) is 5.05. The fraction of sp³-hybridized carbons (Fsp3) is 0.524. The van der Waals surface area contributed by atoms with Crippen molar-refractivity contribution in [1.82, 2.24) is 16.0 Å². The van der Waals surface area contributed by atoms with Gasteiger partial charge in [-0.05, 0) is 51.3 Å². The first-order valence-corrected chi connectivity index (χ1v) is 9.86. The molecule has 28 heavy (non-hydrogen) atoms. The lowest BCUT2D eigenvalue weighted by atomic mass is 9.76. The van der Waals surface area contributed by atoms with Crippen LogP contribution in [0, 0.1) is 17.6 Å². The summed E-state index contributed by atoms with van der Waals surface area (Å²) in [5.74, 6) is -1.58. The van der Waals surface area contributed by atoms with Crippen LogP contribution < -0.4 is 16.0 Å². The van der Waals surface area contributed by atoms with E-state index in [4.69, 9.17) is 0 Å². The highest BCUT2D eigenvalue weighted by Crippen LogP contribution is 2.35. The summed E-state index contributed by atoms with van der Waals surface area (Å²) in [6, 6.07) is 2.01. The lowest BCUT2D eigenvalue weighted by Gasteiger charge is -2.42. The number of fused-ring (bicyclic) bond motifs is 2. The van der Waals surface area contributed by atoms with Crippen molar-refractivity contribution < 1.29 is 18.4 Å². The van der Waals surface area contributed by atoms with E-state index < -0.39 is 17.7 Å². The molecule has 2 aliphatic heterocycles. The Morgan fingerprint density at radius 1 is 1.29 bits per heavy atom. The van der Waals surface area contributed by atoms with E-state index in [1.807, 2.05) is 6.92 Å². The van der Waals surface area contributed by atoms with Gasteiger partial charge in [0, 0.05) is 35.2 Å². The Bertz CT molecular complexity index is 867. The third-order valence-electron chi connectivity index (χ3n) is 6.36. The average Bonchev–Trinajstić information content (AvgIpc) is 3.01. The quantitative estimate of drug-likeness (QED) is 0.743. The van der Waals surface area contributed by atoms with Crippen molar-refractivity contribution in [2.45, 2.75) is 57.7 Å². The van der Waals surface area contributed by atoms with Gasteiger partial charge in [0.25, 0.3) is 0 Å². The van der Waals surface area contributed by atoms with Gasteiger partial charge in [-0.1, -0.05) is 5.57 Å². The molecule has 1 aliphatic carbocycles. The molecule has 3 unspecified atom stereocenters. The molecule has 5 nitrogen and oxygen atoms in total. The third-order valence-corrected chi connectivity index (χ3v) is 6.36. The number of amides is 2. The van der Waals surface area contributed by atoms with Crippen molar-refractivity contribution in [3.05, 3.63) is 46.0 Å². The van der Waals surface area contributed by atoms with E-state index in [1.54, 1.807) is 0 Å². The maximum Gasteiger partial charge on any atom is 0.247 e. The molecule has 0 radical (unpaired) electrons. The lowest BCUT2D eigenvalue weighted by molar-refractivity contribution is -0.124. The molecule has 3 N–H and O–H groups in total. The van der Waals surface area contributed by atoms with Gasteiger partial charge in [0.15, 0.2) is 0 Å². The molecule has 1 fully saturated rings. The number of aryl methyl sites for hydroxylation is 1. The van der Waals surface area contributed by atoms with E-state index in [0.29, 0.717) is 29.5 Å². The van der Waals surface area contributed by atoms with Crippen LogP contribution in [0.15, 0.2) is 23.3 Å². The Kier molecular flexibility index (Phi) is 4.95. The van der Waals surface area contributed by atoms with Gasteiger partial charge in [-0.15, -0.1) is 0 Å². The van der Waals surface area contributed by atoms with Gasteiger partial charge < -0.3 is 16.0 Å². The van der Waals surface area contributed by atoms with Gasteiger partial charge in [0.05, 0.1) is 12.5 Å². The Morgan fingerprint density at radius 3 is 2.86 bits per heavy atom. The SMILES string of the molecule is CC1=C(CC(=O)N[C@H]2CCc3cc(F)cc(F)c32)C(=O)NC2CCNC(C)C12. The van der Waals surface area contributed by atoms with Gasteiger partial charge in [-0.3, -0.25) is 9.59 Å². The molecule has 0 spiro atoms. The van der Waals surface area contributed by atoms with E-state index in [-0.39, 0.29) is 36.2 Å². The number of carbonyl (C=O) groups excluding carboxylic acids is 2. The number of benzene rings is 1. The highest BCUT2D eigenvalue weighted by atomic mass is 19.1. The first-order valence-electron chi connectivity index (χ1n) is 9.86. The number of nitrogens with one attached hydrogen (secondary N) is 3. The van der Waals surface area contributed by atoms with Crippen LogP contribution in [0.2, 0.25) is 0 Å². The summed E-state index contributed by atoms with van der Waals surface area (Å²) in [7, 11) is 0. The number of hydrogen-bond donors (Lipinski definition) is 3. The number of hydrogen-bond acceptors (Lipinski definition) is 3. The fourth-order valence-corrected chi connectivity index (χ4v) is 5.05. The minimum Gasteiger partial charge on any atom is -0.349 e. The normalized spacial score (nSPS) is 29.2. The number of rotatable bonds is 3. The lowest BCUT2D eigenvalue weighted by Crippen LogP contribution is -2.57. The highest BCUT2D eigenvalue weighted by Gasteiger charge is 2.39. The Balaban J connectivity index is 1.50. The van der Waals surface area contributed by atoms with Crippen LogP contribution in [-0.4, -0.2) is 30.4 Å². The van der Waals surface area contributed by atoms with Crippen LogP contribution in [-0.2, 0) is 16.0 Å². The predicted octanol–water partition coefficient (Wildman–Crippen LogP) is 2.27. The van der Waals surface area contributed by atoms with Gasteiger partial charge in [0.2, 0.25) is 11.8 Å². The van der Waals surface area contributed by atoms with Crippen molar-refractivity contribution >= 4 is 11.8 Å². The van der Waals surface area contributed by atoms with Crippen molar-refractivity contribution in [3.63, 3.8) is 0 Å². The number of carbonyl (C=O) groups is 2. The van der Waals surface area contributed by atoms with Crippen LogP contribution >= 0.6 is 0 Å². The van der Waals surface area contributed by atoms with Crippen molar-refractivity contribution in [1.29, 1.82) is 0 Å². The molecule has 2 heterocycles. The van der Waals surface area contributed by atoms with Gasteiger partial charge >= 0.3 is 0 Å². The van der Waals surface area contributed by atoms with Crippen LogP contribution in [0.4, 0.5) is 8.78 Å². The van der Waals surface area contributed by atoms with Crippen LogP contribution in [0.5, 0.6) is 0 Å². The van der Waals surface area contributed by atoms with E-state index in [9.17, 15) is 18.4 Å². The smallest absolute Gasteiger partial charge is 0.247 e. The molecule has 7 heteroatoms. The summed E-state index contributed by atoms with van der Waals surface area (Å²) in [6.07, 6.45) is 1.87. The second-order valence-corrected chi connectivity index (χ2v) is 8.09. The first kappa shape index (κ1) is 19.1. The molecule has 1 aromatic rings. The molecule has 0 aromatic heterocycles. The third kappa shape index (κ3) is 3.32. The zero-order valence-electron chi connectivity index (χ0n) is 16.1. The minimum absolute atomic E-state index is 0.0394. The van der Waals surface area contributed by atoms with Gasteiger partial charge in [-0.25, -0.2) is 8.78 Å². The van der Waals surface area contributed by atoms with Gasteiger partial charge in [-0.2, -0.15) is 0 Å². The zero-order chi connectivity index (χ0) is 20.0. The molecule has 2 amide bonds. The van der Waals surface area contributed by atoms with Crippen LogP contribution in [0.1, 0.15) is 50.3 Å². The standard InChI is InChI=1S/C21H25F2N3O2/c1-10-14(21(28)26-17-5-6-24-11(2)19(10)17)9-18(27)25-16-4-3-12-7-13(22)8-15(23)20(12)16/h7-8,11,16-17,19,24H,3-6,9H2,1-2H3,(H,25,27)(H,26,28)/t11?,16-,17?,19?/m0/s1. The van der Waals surface area contributed by atoms with E-state index in [1.165, 1.54) is 6.07 Å². The van der Waals surface area contributed by atoms with E-state index >= 15 is 0 Å². The summed E-state index contributed by atoms with van der Waals surface area (Å²) < 4.78 is 27.6. The molecule has 150 valence electrons. The molecule has 0 bridgehead atoms. The van der Waals surface area contributed by atoms with Crippen LogP contribution in [0.3, 0.4) is 0 Å². The monoisotopic (exact) mass is 389 g/mol. The molecule has 4 atom stereocenters. The summed E-state index contributed by atoms with van der Waals surface area (Å²) in [5, 5.41) is 9.30. The summed E-state index contributed by atoms with van der Waals surface area (Å²) >= 11 is 0. The molecule has 3 aliphatic rings. The molecule has 1 saturated heterocycles. The van der Waals surface area contributed by atoms with Crippen molar-refractivity contribution in [2.24, 2.45) is 5.92 Å². The Hall–Kier alpha value is -2.28. The number of piperidine rings is 1. The second-order valence-electron chi connectivity index (χ2n) is 8.09. The summed E-state index contributed by atoms with van der Waals surface area (Å²) in [6.45, 7) is 4.88. The molecular formula is C21H25F2N3O2. The summed E-state index contributed by atoms with van der Waals surface area (Å²) in [4.78, 5) is 25.2. The second kappa shape index (κ2) is 7.28. The Morgan fingerprint density at radius 2 is 2.07 bits per heavy atom. The van der Waals surface area contributed by atoms with E-state index in [0.717, 1.165) is 24.6 Å². The maximum absolute atomic E-state index is 14.2. The number of halogens is 2. The molecule has 0 saturated carbocycles. The summed E-state index contributed by atoms with van der Waals surface area (Å²) in [5.41, 5.74) is 2.40. The predicted molar refractivity (Wildman–Crippen MR) is 100 cm³/mol. The van der Waals surface area contributed by atoms with Crippen LogP contribution in [0.25, 0.3) is 0 Å². The first-order chi connectivity index (χ1) is 13.3. The van der Waals surface area contributed by atoms with E-state index in [2.05, 4.69) is 22.9 Å². The van der Waals surface area contributed by atoms with Crippen molar-refractivity contribution in [3.8, 4) is 0 Å². The largest absolute Gasteiger partial charge is 0.349 e. The average molecular weight is 389 g/mol. The Labute approximate surface area is 163 Å². The van der Waals surface area contributed by atoms with Crippen molar-refractivity contribution in [2.75, 3.05) is 6.54 Å². The molecular weight excluding hydrogens is 364 g/mol. The maximum atomic E-state index is 14.2. The topological polar surface area (TPSA) is 70.2 Å². The highest BCUT2D eigenvalue weighted by molar-refractivity contribution is 6.00.